The Labute approximate surface area is 113 Å². The van der Waals surface area contributed by atoms with Crippen LogP contribution in [-0.2, 0) is 4.79 Å². The molecule has 98 valence electrons. The van der Waals surface area contributed by atoms with Crippen molar-refractivity contribution in [2.45, 2.75) is 57.9 Å². The Morgan fingerprint density at radius 1 is 1.41 bits per heavy atom. The van der Waals surface area contributed by atoms with Crippen LogP contribution in [0.2, 0.25) is 0 Å². The summed E-state index contributed by atoms with van der Waals surface area (Å²) in [6.07, 6.45) is 8.50. The van der Waals surface area contributed by atoms with E-state index in [0.29, 0.717) is 12.0 Å². The molecule has 1 N–H and O–H groups in total. The highest BCUT2D eigenvalue weighted by Gasteiger charge is 2.40. The van der Waals surface area contributed by atoms with Crippen molar-refractivity contribution in [1.82, 2.24) is 5.32 Å². The first kappa shape index (κ1) is 13.4. The number of hydrogen-bond donors (Lipinski definition) is 1. The molecule has 2 rings (SSSR count). The van der Waals surface area contributed by atoms with Crippen molar-refractivity contribution in [2.24, 2.45) is 17.8 Å². The minimum Gasteiger partial charge on any atom is -0.354 e. The van der Waals surface area contributed by atoms with Crippen LogP contribution in [-0.4, -0.2) is 17.3 Å². The molecule has 4 atom stereocenters. The van der Waals surface area contributed by atoms with Crippen molar-refractivity contribution in [3.05, 3.63) is 0 Å². The van der Waals surface area contributed by atoms with Gasteiger partial charge in [0.05, 0.1) is 0 Å². The van der Waals surface area contributed by atoms with Crippen molar-refractivity contribution in [1.29, 1.82) is 0 Å². The first-order valence-electron chi connectivity index (χ1n) is 7.04. The Morgan fingerprint density at radius 2 is 2.24 bits per heavy atom. The second-order valence-corrected chi connectivity index (χ2v) is 6.73. The molecule has 0 aliphatic heterocycles. The summed E-state index contributed by atoms with van der Waals surface area (Å²) in [5.74, 6) is 2.79. The number of fused-ring (bicyclic) bond motifs is 2. The second-order valence-electron chi connectivity index (χ2n) is 5.94. The maximum Gasteiger partial charge on any atom is 0.220 e. The lowest BCUT2D eigenvalue weighted by molar-refractivity contribution is -0.123. The quantitative estimate of drug-likeness (QED) is 0.748. The molecule has 4 unspecified atom stereocenters. The van der Waals surface area contributed by atoms with E-state index in [4.69, 9.17) is 0 Å². The SMILES string of the molecule is CC(CCCBr)NC(=O)CC1CC2CCC1C2. The number of nitrogens with one attached hydrogen (secondary N) is 1. The number of rotatable bonds is 6. The van der Waals surface area contributed by atoms with Crippen LogP contribution in [0.3, 0.4) is 0 Å². The van der Waals surface area contributed by atoms with Gasteiger partial charge in [-0.05, 0) is 56.8 Å². The van der Waals surface area contributed by atoms with Gasteiger partial charge in [-0.1, -0.05) is 22.4 Å². The zero-order valence-electron chi connectivity index (χ0n) is 10.8. The van der Waals surface area contributed by atoms with E-state index in [0.717, 1.165) is 36.4 Å². The highest BCUT2D eigenvalue weighted by Crippen LogP contribution is 2.49. The molecule has 2 aliphatic carbocycles. The predicted molar refractivity (Wildman–Crippen MR) is 74.2 cm³/mol. The van der Waals surface area contributed by atoms with E-state index in [1.165, 1.54) is 25.7 Å². The maximum atomic E-state index is 11.9. The van der Waals surface area contributed by atoms with Crippen molar-refractivity contribution < 1.29 is 4.79 Å². The highest BCUT2D eigenvalue weighted by atomic mass is 79.9. The molecular formula is C14H24BrNO. The third kappa shape index (κ3) is 3.70. The molecule has 2 fully saturated rings. The highest BCUT2D eigenvalue weighted by molar-refractivity contribution is 9.09. The minimum atomic E-state index is 0.282. The van der Waals surface area contributed by atoms with Crippen molar-refractivity contribution in [3.63, 3.8) is 0 Å². The van der Waals surface area contributed by atoms with Gasteiger partial charge >= 0.3 is 0 Å². The maximum absolute atomic E-state index is 11.9. The van der Waals surface area contributed by atoms with Crippen LogP contribution in [0.1, 0.15) is 51.9 Å². The topological polar surface area (TPSA) is 29.1 Å². The summed E-state index contributed by atoms with van der Waals surface area (Å²) in [4.78, 5) is 11.9. The fraction of sp³-hybridized carbons (Fsp3) is 0.929. The van der Waals surface area contributed by atoms with Crippen molar-refractivity contribution in [3.8, 4) is 0 Å². The minimum absolute atomic E-state index is 0.282. The van der Waals surface area contributed by atoms with Crippen LogP contribution in [0.4, 0.5) is 0 Å². The Balaban J connectivity index is 1.67. The summed E-state index contributed by atoms with van der Waals surface area (Å²) >= 11 is 3.42. The van der Waals surface area contributed by atoms with Crippen LogP contribution in [0, 0.1) is 17.8 Å². The summed E-state index contributed by atoms with van der Waals surface area (Å²) in [5, 5.41) is 4.17. The van der Waals surface area contributed by atoms with E-state index in [-0.39, 0.29) is 5.91 Å². The van der Waals surface area contributed by atoms with E-state index >= 15 is 0 Å². The molecule has 2 bridgehead atoms. The molecule has 1 amide bonds. The standard InChI is InChI=1S/C14H24BrNO/c1-10(3-2-6-15)16-14(17)9-13-8-11-4-5-12(13)7-11/h10-13H,2-9H2,1H3,(H,16,17). The second kappa shape index (κ2) is 6.21. The van der Waals surface area contributed by atoms with Gasteiger partial charge < -0.3 is 5.32 Å². The largest absolute Gasteiger partial charge is 0.354 e. The lowest BCUT2D eigenvalue weighted by Gasteiger charge is -2.22. The first-order valence-corrected chi connectivity index (χ1v) is 8.16. The van der Waals surface area contributed by atoms with Crippen LogP contribution in [0.5, 0.6) is 0 Å². The zero-order chi connectivity index (χ0) is 12.3. The van der Waals surface area contributed by atoms with Crippen LogP contribution in [0.15, 0.2) is 0 Å². The van der Waals surface area contributed by atoms with Gasteiger partial charge in [-0.2, -0.15) is 0 Å². The summed E-state index contributed by atoms with van der Waals surface area (Å²) in [6.45, 7) is 2.11. The zero-order valence-corrected chi connectivity index (χ0v) is 12.3. The molecule has 2 aliphatic rings. The molecule has 0 radical (unpaired) electrons. The van der Waals surface area contributed by atoms with E-state index in [2.05, 4.69) is 28.2 Å². The molecule has 3 heteroatoms. The third-order valence-corrected chi connectivity index (χ3v) is 5.07. The predicted octanol–water partition coefficient (Wildman–Crippen LogP) is 3.49. The van der Waals surface area contributed by atoms with Crippen molar-refractivity contribution in [2.75, 3.05) is 5.33 Å². The van der Waals surface area contributed by atoms with Crippen molar-refractivity contribution >= 4 is 21.8 Å². The van der Waals surface area contributed by atoms with Gasteiger partial charge in [-0.15, -0.1) is 0 Å². The molecule has 0 heterocycles. The van der Waals surface area contributed by atoms with E-state index < -0.39 is 0 Å². The molecule has 0 spiro atoms. The molecule has 2 nitrogen and oxygen atoms in total. The van der Waals surface area contributed by atoms with Crippen LogP contribution < -0.4 is 5.32 Å². The molecule has 0 aromatic heterocycles. The van der Waals surface area contributed by atoms with Crippen LogP contribution in [0.25, 0.3) is 0 Å². The number of alkyl halides is 1. The van der Waals surface area contributed by atoms with Gasteiger partial charge in [-0.3, -0.25) is 4.79 Å². The van der Waals surface area contributed by atoms with E-state index in [9.17, 15) is 4.79 Å². The lowest BCUT2D eigenvalue weighted by atomic mass is 9.86. The molecule has 0 aromatic rings. The number of amides is 1. The van der Waals surface area contributed by atoms with E-state index in [1.807, 2.05) is 0 Å². The Hall–Kier alpha value is -0.0500. The summed E-state index contributed by atoms with van der Waals surface area (Å²) in [7, 11) is 0. The smallest absolute Gasteiger partial charge is 0.220 e. The summed E-state index contributed by atoms with van der Waals surface area (Å²) in [6, 6.07) is 0.332. The van der Waals surface area contributed by atoms with Gasteiger partial charge in [0.15, 0.2) is 0 Å². The number of carbonyl (C=O) groups is 1. The normalized spacial score (nSPS) is 32.7. The van der Waals surface area contributed by atoms with Gasteiger partial charge in [0.1, 0.15) is 0 Å². The average molecular weight is 302 g/mol. The summed E-state index contributed by atoms with van der Waals surface area (Å²) < 4.78 is 0. The fourth-order valence-corrected chi connectivity index (χ4v) is 3.98. The molecule has 17 heavy (non-hydrogen) atoms. The Morgan fingerprint density at radius 3 is 2.82 bits per heavy atom. The summed E-state index contributed by atoms with van der Waals surface area (Å²) in [5.41, 5.74) is 0. The van der Waals surface area contributed by atoms with Gasteiger partial charge in [-0.25, -0.2) is 0 Å². The van der Waals surface area contributed by atoms with Gasteiger partial charge in [0.25, 0.3) is 0 Å². The van der Waals surface area contributed by atoms with Gasteiger partial charge in [0, 0.05) is 17.8 Å². The number of carbonyl (C=O) groups excluding carboxylic acids is 1. The third-order valence-electron chi connectivity index (χ3n) is 4.51. The molecule has 0 aromatic carbocycles. The monoisotopic (exact) mass is 301 g/mol. The number of halogens is 1. The molecule has 0 saturated heterocycles. The van der Waals surface area contributed by atoms with Crippen LogP contribution >= 0.6 is 15.9 Å². The number of hydrogen-bond acceptors (Lipinski definition) is 1. The Bertz CT molecular complexity index is 269. The Kier molecular flexibility index (Phi) is 4.89. The lowest BCUT2D eigenvalue weighted by Crippen LogP contribution is -2.34. The fourth-order valence-electron chi connectivity index (χ4n) is 3.65. The first-order chi connectivity index (χ1) is 8.19. The van der Waals surface area contributed by atoms with E-state index in [1.54, 1.807) is 0 Å². The molecule has 2 saturated carbocycles. The molecular weight excluding hydrogens is 278 g/mol. The average Bonchev–Trinajstić information content (AvgIpc) is 2.87. The van der Waals surface area contributed by atoms with Gasteiger partial charge in [0.2, 0.25) is 5.91 Å².